The second-order valence-corrected chi connectivity index (χ2v) is 5.40. The van der Waals surface area contributed by atoms with Gasteiger partial charge in [0.1, 0.15) is 12.4 Å². The molecule has 3 rings (SSSR count). The third kappa shape index (κ3) is 3.28. The molecule has 0 saturated carbocycles. The zero-order valence-corrected chi connectivity index (χ0v) is 11.7. The minimum atomic E-state index is -0.398. The lowest BCUT2D eigenvalue weighted by Crippen LogP contribution is -3.12. The number of nitrogens with one attached hydrogen (secondary N) is 2. The Morgan fingerprint density at radius 2 is 1.81 bits per heavy atom. The van der Waals surface area contributed by atoms with Crippen LogP contribution in [0.25, 0.3) is 0 Å². The predicted molar refractivity (Wildman–Crippen MR) is 79.6 cm³/mol. The molecule has 21 heavy (non-hydrogen) atoms. The summed E-state index contributed by atoms with van der Waals surface area (Å²) in [6.45, 7) is 2.14. The van der Waals surface area contributed by atoms with Gasteiger partial charge < -0.3 is 10.2 Å². The number of anilines is 1. The van der Waals surface area contributed by atoms with Crippen molar-refractivity contribution in [2.75, 3.05) is 18.4 Å². The van der Waals surface area contributed by atoms with Gasteiger partial charge in [0.2, 0.25) is 0 Å². The van der Waals surface area contributed by atoms with Crippen LogP contribution in [0.1, 0.15) is 11.1 Å². The quantitative estimate of drug-likeness (QED) is 0.878. The van der Waals surface area contributed by atoms with Crippen LogP contribution < -0.4 is 10.2 Å². The Bertz CT molecular complexity index is 657. The highest BCUT2D eigenvalue weighted by atomic mass is 19.1. The van der Waals surface area contributed by atoms with Crippen molar-refractivity contribution in [3.63, 3.8) is 0 Å². The Morgan fingerprint density at radius 1 is 1.10 bits per heavy atom. The number of quaternary nitrogens is 1. The van der Waals surface area contributed by atoms with Crippen molar-refractivity contribution in [3.05, 3.63) is 65.5 Å². The van der Waals surface area contributed by atoms with Crippen molar-refractivity contribution in [2.45, 2.75) is 13.0 Å². The molecule has 0 bridgehead atoms. The van der Waals surface area contributed by atoms with Gasteiger partial charge in [0.15, 0.2) is 6.54 Å². The van der Waals surface area contributed by atoms with Crippen LogP contribution in [0.2, 0.25) is 0 Å². The van der Waals surface area contributed by atoms with Gasteiger partial charge >= 0.3 is 0 Å². The van der Waals surface area contributed by atoms with E-state index in [-0.39, 0.29) is 11.6 Å². The molecule has 1 amide bonds. The fourth-order valence-corrected chi connectivity index (χ4v) is 2.78. The number of benzene rings is 2. The number of hydrogen-bond acceptors (Lipinski definition) is 1. The first-order chi connectivity index (χ1) is 10.2. The van der Waals surface area contributed by atoms with Gasteiger partial charge in [-0.1, -0.05) is 36.4 Å². The highest BCUT2D eigenvalue weighted by Crippen LogP contribution is 2.12. The highest BCUT2D eigenvalue weighted by molar-refractivity contribution is 5.91. The van der Waals surface area contributed by atoms with E-state index in [0.717, 1.165) is 19.5 Å². The lowest BCUT2D eigenvalue weighted by atomic mass is 10.00. The number of amides is 1. The van der Waals surface area contributed by atoms with Gasteiger partial charge in [-0.3, -0.25) is 4.79 Å². The van der Waals surface area contributed by atoms with Crippen molar-refractivity contribution in [2.24, 2.45) is 0 Å². The van der Waals surface area contributed by atoms with Crippen LogP contribution in [0.15, 0.2) is 48.5 Å². The average molecular weight is 285 g/mol. The topological polar surface area (TPSA) is 33.5 Å². The molecule has 1 heterocycles. The molecule has 0 aliphatic carbocycles. The van der Waals surface area contributed by atoms with E-state index in [9.17, 15) is 9.18 Å². The van der Waals surface area contributed by atoms with Crippen LogP contribution in [0.3, 0.4) is 0 Å². The third-order valence-corrected chi connectivity index (χ3v) is 3.87. The fraction of sp³-hybridized carbons (Fsp3) is 0.235. The zero-order chi connectivity index (χ0) is 14.7. The molecule has 2 aromatic carbocycles. The first kappa shape index (κ1) is 13.8. The molecule has 2 N–H and O–H groups in total. The van der Waals surface area contributed by atoms with Gasteiger partial charge in [-0.2, -0.15) is 0 Å². The minimum absolute atomic E-state index is 0.144. The van der Waals surface area contributed by atoms with Crippen LogP contribution >= 0.6 is 0 Å². The maximum Gasteiger partial charge on any atom is 0.279 e. The van der Waals surface area contributed by atoms with Gasteiger partial charge in [0.05, 0.1) is 12.2 Å². The van der Waals surface area contributed by atoms with E-state index in [0.29, 0.717) is 6.54 Å². The van der Waals surface area contributed by atoms with E-state index in [2.05, 4.69) is 23.5 Å². The molecular weight excluding hydrogens is 267 g/mol. The number of halogens is 1. The maximum absolute atomic E-state index is 13.5. The van der Waals surface area contributed by atoms with E-state index >= 15 is 0 Å². The Labute approximate surface area is 123 Å². The molecule has 2 aromatic rings. The molecule has 0 spiro atoms. The maximum atomic E-state index is 13.5. The van der Waals surface area contributed by atoms with Gasteiger partial charge in [-0.05, 0) is 17.7 Å². The summed E-state index contributed by atoms with van der Waals surface area (Å²) in [6.07, 6.45) is 0.985. The van der Waals surface area contributed by atoms with Gasteiger partial charge in [0.25, 0.3) is 5.91 Å². The Balaban J connectivity index is 1.60. The molecule has 0 fully saturated rings. The van der Waals surface area contributed by atoms with E-state index in [4.69, 9.17) is 0 Å². The molecule has 108 valence electrons. The summed E-state index contributed by atoms with van der Waals surface area (Å²) in [7, 11) is 0. The molecule has 3 nitrogen and oxygen atoms in total. The number of para-hydroxylation sites is 1. The summed E-state index contributed by atoms with van der Waals surface area (Å²) in [6, 6.07) is 14.6. The zero-order valence-electron chi connectivity index (χ0n) is 11.7. The molecule has 1 unspecified atom stereocenters. The molecule has 0 aromatic heterocycles. The SMILES string of the molecule is O=C(C[NH+]1CCc2ccccc2C1)Nc1ccccc1F. The van der Waals surface area contributed by atoms with Crippen LogP contribution in [-0.4, -0.2) is 19.0 Å². The molecule has 4 heteroatoms. The summed E-state index contributed by atoms with van der Waals surface area (Å²) < 4.78 is 13.5. The van der Waals surface area contributed by atoms with Crippen molar-refractivity contribution in [1.29, 1.82) is 0 Å². The van der Waals surface area contributed by atoms with Gasteiger partial charge in [0, 0.05) is 12.0 Å². The number of hydrogen-bond donors (Lipinski definition) is 2. The number of rotatable bonds is 3. The minimum Gasteiger partial charge on any atom is -0.323 e. The van der Waals surface area contributed by atoms with Crippen LogP contribution in [0.4, 0.5) is 10.1 Å². The summed E-state index contributed by atoms with van der Waals surface area (Å²) >= 11 is 0. The lowest BCUT2D eigenvalue weighted by molar-refractivity contribution is -0.907. The van der Waals surface area contributed by atoms with E-state index in [1.807, 2.05) is 6.07 Å². The summed E-state index contributed by atoms with van der Waals surface area (Å²) in [4.78, 5) is 13.3. The largest absolute Gasteiger partial charge is 0.323 e. The summed E-state index contributed by atoms with van der Waals surface area (Å²) in [5.74, 6) is -0.542. The molecule has 0 saturated heterocycles. The molecular formula is C17H18FN2O+. The molecule has 1 aliphatic heterocycles. The fourth-order valence-electron chi connectivity index (χ4n) is 2.78. The Kier molecular flexibility index (Phi) is 3.97. The van der Waals surface area contributed by atoms with Crippen LogP contribution in [0.5, 0.6) is 0 Å². The highest BCUT2D eigenvalue weighted by Gasteiger charge is 2.21. The first-order valence-electron chi connectivity index (χ1n) is 7.17. The average Bonchev–Trinajstić information content (AvgIpc) is 2.49. The first-order valence-corrected chi connectivity index (χ1v) is 7.17. The molecule has 0 radical (unpaired) electrons. The monoisotopic (exact) mass is 285 g/mol. The molecule has 1 aliphatic rings. The third-order valence-electron chi connectivity index (χ3n) is 3.87. The van der Waals surface area contributed by atoms with Crippen molar-refractivity contribution in [3.8, 4) is 0 Å². The number of carbonyl (C=O) groups excluding carboxylic acids is 1. The predicted octanol–water partition coefficient (Wildman–Crippen LogP) is 1.41. The van der Waals surface area contributed by atoms with E-state index < -0.39 is 5.82 Å². The Morgan fingerprint density at radius 3 is 2.62 bits per heavy atom. The summed E-state index contributed by atoms with van der Waals surface area (Å²) in [5, 5.41) is 2.65. The van der Waals surface area contributed by atoms with Gasteiger partial charge in [-0.25, -0.2) is 4.39 Å². The number of fused-ring (bicyclic) bond motifs is 1. The van der Waals surface area contributed by atoms with Crippen molar-refractivity contribution < 1.29 is 14.1 Å². The Hall–Kier alpha value is -2.20. The standard InChI is InChI=1S/C17H17FN2O/c18-15-7-3-4-8-16(15)19-17(21)12-20-10-9-13-5-1-2-6-14(13)11-20/h1-8H,9-12H2,(H,19,21)/p+1. The van der Waals surface area contributed by atoms with Crippen molar-refractivity contribution in [1.82, 2.24) is 0 Å². The lowest BCUT2D eigenvalue weighted by Gasteiger charge is -2.25. The van der Waals surface area contributed by atoms with E-state index in [1.165, 1.54) is 22.1 Å². The number of carbonyl (C=O) groups is 1. The second kappa shape index (κ2) is 6.06. The smallest absolute Gasteiger partial charge is 0.279 e. The summed E-state index contributed by atoms with van der Waals surface area (Å²) in [5.41, 5.74) is 2.92. The van der Waals surface area contributed by atoms with Crippen molar-refractivity contribution >= 4 is 11.6 Å². The van der Waals surface area contributed by atoms with Crippen LogP contribution in [0, 0.1) is 5.82 Å². The molecule has 1 atom stereocenters. The second-order valence-electron chi connectivity index (χ2n) is 5.40. The van der Waals surface area contributed by atoms with E-state index in [1.54, 1.807) is 18.2 Å². The van der Waals surface area contributed by atoms with Gasteiger partial charge in [-0.15, -0.1) is 0 Å². The normalized spacial score (nSPS) is 17.1. The van der Waals surface area contributed by atoms with Crippen LogP contribution in [-0.2, 0) is 17.8 Å².